The van der Waals surface area contributed by atoms with Crippen molar-refractivity contribution in [2.24, 2.45) is 5.73 Å². The van der Waals surface area contributed by atoms with Crippen LogP contribution in [0.15, 0.2) is 40.8 Å². The molecule has 1 heterocycles. The van der Waals surface area contributed by atoms with Gasteiger partial charge in [-0.25, -0.2) is 0 Å². The molecule has 0 aliphatic carbocycles. The van der Waals surface area contributed by atoms with Crippen LogP contribution in [0.25, 0.3) is 0 Å². The first-order valence-electron chi connectivity index (χ1n) is 7.23. The predicted octanol–water partition coefficient (Wildman–Crippen LogP) is 2.80. The van der Waals surface area contributed by atoms with Crippen molar-refractivity contribution in [3.05, 3.63) is 59.0 Å². The van der Waals surface area contributed by atoms with Gasteiger partial charge in [0.2, 0.25) is 0 Å². The fourth-order valence-electron chi connectivity index (χ4n) is 2.15. The summed E-state index contributed by atoms with van der Waals surface area (Å²) in [6, 6.07) is 11.4. The normalized spacial score (nSPS) is 12.1. The monoisotopic (exact) mass is 286 g/mol. The van der Waals surface area contributed by atoms with Gasteiger partial charge in [0.25, 0.3) is 5.91 Å². The summed E-state index contributed by atoms with van der Waals surface area (Å²) in [6.07, 6.45) is 1.67. The lowest BCUT2D eigenvalue weighted by atomic mass is 10.1. The van der Waals surface area contributed by atoms with Gasteiger partial charge in [0.15, 0.2) is 0 Å². The van der Waals surface area contributed by atoms with Gasteiger partial charge in [-0.1, -0.05) is 12.1 Å². The number of benzene rings is 1. The number of aryl methyl sites for hydroxylation is 2. The first-order chi connectivity index (χ1) is 10.1. The van der Waals surface area contributed by atoms with Crippen LogP contribution in [0.3, 0.4) is 0 Å². The minimum Gasteiger partial charge on any atom is -0.466 e. The highest BCUT2D eigenvalue weighted by Crippen LogP contribution is 2.10. The van der Waals surface area contributed by atoms with Crippen molar-refractivity contribution in [1.82, 2.24) is 5.32 Å². The molecule has 0 aliphatic heterocycles. The highest BCUT2D eigenvalue weighted by atomic mass is 16.3. The summed E-state index contributed by atoms with van der Waals surface area (Å²) in [5.74, 6) is 1.82. The minimum atomic E-state index is -0.0540. The molecule has 4 heteroatoms. The van der Waals surface area contributed by atoms with Crippen LogP contribution < -0.4 is 11.1 Å². The number of nitrogens with one attached hydrogen (secondary N) is 1. The number of hydrogen-bond acceptors (Lipinski definition) is 3. The van der Waals surface area contributed by atoms with Crippen LogP contribution in [0.4, 0.5) is 0 Å². The van der Waals surface area contributed by atoms with E-state index in [1.54, 1.807) is 12.1 Å². The number of hydrogen-bond donors (Lipinski definition) is 2. The molecular formula is C17H22N2O2. The van der Waals surface area contributed by atoms with Crippen molar-refractivity contribution >= 4 is 5.91 Å². The van der Waals surface area contributed by atoms with E-state index in [0.29, 0.717) is 12.1 Å². The molecule has 112 valence electrons. The maximum Gasteiger partial charge on any atom is 0.251 e. The van der Waals surface area contributed by atoms with Gasteiger partial charge in [0.1, 0.15) is 11.5 Å². The van der Waals surface area contributed by atoms with Crippen molar-refractivity contribution in [2.45, 2.75) is 39.3 Å². The van der Waals surface area contributed by atoms with E-state index in [1.807, 2.05) is 38.1 Å². The second-order valence-electron chi connectivity index (χ2n) is 5.33. The molecule has 1 aromatic carbocycles. The van der Waals surface area contributed by atoms with Gasteiger partial charge in [0.05, 0.1) is 0 Å². The molecule has 0 saturated heterocycles. The largest absolute Gasteiger partial charge is 0.466 e. The summed E-state index contributed by atoms with van der Waals surface area (Å²) in [7, 11) is 0. The quantitative estimate of drug-likeness (QED) is 0.858. The summed E-state index contributed by atoms with van der Waals surface area (Å²) < 4.78 is 5.52. The van der Waals surface area contributed by atoms with Gasteiger partial charge < -0.3 is 15.5 Å². The maximum atomic E-state index is 12.1. The van der Waals surface area contributed by atoms with Crippen molar-refractivity contribution in [3.63, 3.8) is 0 Å². The van der Waals surface area contributed by atoms with E-state index in [0.717, 1.165) is 29.9 Å². The van der Waals surface area contributed by atoms with Gasteiger partial charge in [-0.3, -0.25) is 4.79 Å². The SMILES string of the molecule is Cc1ccc(CCC(C)NC(=O)c2ccc(CN)cc2)o1. The third-order valence-corrected chi connectivity index (χ3v) is 3.45. The minimum absolute atomic E-state index is 0.0540. The third kappa shape index (κ3) is 4.46. The molecule has 0 saturated carbocycles. The molecule has 2 rings (SSSR count). The molecule has 4 nitrogen and oxygen atoms in total. The van der Waals surface area contributed by atoms with Gasteiger partial charge >= 0.3 is 0 Å². The van der Waals surface area contributed by atoms with Gasteiger partial charge in [-0.15, -0.1) is 0 Å². The standard InChI is InChI=1S/C17H22N2O2/c1-12(3-9-16-10-4-13(2)21-16)19-17(20)15-7-5-14(11-18)6-8-15/h4-8,10,12H,3,9,11,18H2,1-2H3,(H,19,20). The molecule has 1 unspecified atom stereocenters. The molecule has 1 atom stereocenters. The van der Waals surface area contributed by atoms with E-state index in [9.17, 15) is 4.79 Å². The van der Waals surface area contributed by atoms with Crippen molar-refractivity contribution < 1.29 is 9.21 Å². The van der Waals surface area contributed by atoms with E-state index in [4.69, 9.17) is 10.2 Å². The van der Waals surface area contributed by atoms with Gasteiger partial charge in [0, 0.05) is 24.6 Å². The van der Waals surface area contributed by atoms with E-state index < -0.39 is 0 Å². The van der Waals surface area contributed by atoms with E-state index in [-0.39, 0.29) is 11.9 Å². The number of carbonyl (C=O) groups excluding carboxylic acids is 1. The first-order valence-corrected chi connectivity index (χ1v) is 7.23. The molecule has 1 amide bonds. The summed E-state index contributed by atoms with van der Waals surface area (Å²) in [5, 5.41) is 3.00. The molecule has 0 bridgehead atoms. The molecule has 2 aromatic rings. The summed E-state index contributed by atoms with van der Waals surface area (Å²) in [6.45, 7) is 4.42. The zero-order valence-electron chi connectivity index (χ0n) is 12.6. The van der Waals surface area contributed by atoms with Crippen LogP contribution in [0.1, 0.15) is 40.8 Å². The average molecular weight is 286 g/mol. The Hall–Kier alpha value is -2.07. The Kier molecular flexibility index (Phi) is 5.17. The van der Waals surface area contributed by atoms with Gasteiger partial charge in [-0.2, -0.15) is 0 Å². The maximum absolute atomic E-state index is 12.1. The number of nitrogens with two attached hydrogens (primary N) is 1. The molecule has 1 aromatic heterocycles. The second-order valence-corrected chi connectivity index (χ2v) is 5.33. The number of carbonyl (C=O) groups is 1. The molecule has 3 N–H and O–H groups in total. The van der Waals surface area contributed by atoms with Crippen LogP contribution in [-0.4, -0.2) is 11.9 Å². The molecule has 0 fully saturated rings. The second kappa shape index (κ2) is 7.09. The lowest BCUT2D eigenvalue weighted by Gasteiger charge is -2.13. The van der Waals surface area contributed by atoms with E-state index in [1.165, 1.54) is 0 Å². The third-order valence-electron chi connectivity index (χ3n) is 3.45. The van der Waals surface area contributed by atoms with Crippen LogP contribution in [-0.2, 0) is 13.0 Å². The van der Waals surface area contributed by atoms with Crippen LogP contribution in [0.2, 0.25) is 0 Å². The Bertz CT molecular complexity index is 587. The molecular weight excluding hydrogens is 264 g/mol. The number of rotatable bonds is 6. The zero-order valence-corrected chi connectivity index (χ0v) is 12.6. The molecule has 0 aliphatic rings. The lowest BCUT2D eigenvalue weighted by molar-refractivity contribution is 0.0938. The Morgan fingerprint density at radius 1 is 1.24 bits per heavy atom. The predicted molar refractivity (Wildman–Crippen MR) is 83.0 cm³/mol. The Balaban J connectivity index is 1.83. The Labute approximate surface area is 125 Å². The fourth-order valence-corrected chi connectivity index (χ4v) is 2.15. The van der Waals surface area contributed by atoms with E-state index in [2.05, 4.69) is 5.32 Å². The highest BCUT2D eigenvalue weighted by Gasteiger charge is 2.10. The number of amides is 1. The van der Waals surface area contributed by atoms with Crippen molar-refractivity contribution in [2.75, 3.05) is 0 Å². The summed E-state index contributed by atoms with van der Waals surface area (Å²) in [4.78, 5) is 12.1. The Morgan fingerprint density at radius 2 is 1.95 bits per heavy atom. The van der Waals surface area contributed by atoms with Gasteiger partial charge in [-0.05, 0) is 50.1 Å². The first kappa shape index (κ1) is 15.3. The number of furan rings is 1. The molecule has 21 heavy (non-hydrogen) atoms. The summed E-state index contributed by atoms with van der Waals surface area (Å²) in [5.41, 5.74) is 7.23. The van der Waals surface area contributed by atoms with Crippen molar-refractivity contribution in [1.29, 1.82) is 0 Å². The fraction of sp³-hybridized carbons (Fsp3) is 0.353. The molecule has 0 spiro atoms. The average Bonchev–Trinajstić information content (AvgIpc) is 2.91. The summed E-state index contributed by atoms with van der Waals surface area (Å²) >= 11 is 0. The lowest BCUT2D eigenvalue weighted by Crippen LogP contribution is -2.32. The van der Waals surface area contributed by atoms with Crippen LogP contribution in [0, 0.1) is 6.92 Å². The van der Waals surface area contributed by atoms with Crippen molar-refractivity contribution in [3.8, 4) is 0 Å². The highest BCUT2D eigenvalue weighted by molar-refractivity contribution is 5.94. The molecule has 0 radical (unpaired) electrons. The smallest absolute Gasteiger partial charge is 0.251 e. The van der Waals surface area contributed by atoms with Crippen LogP contribution in [0.5, 0.6) is 0 Å². The topological polar surface area (TPSA) is 68.3 Å². The van der Waals surface area contributed by atoms with E-state index >= 15 is 0 Å². The Morgan fingerprint density at radius 3 is 2.52 bits per heavy atom. The zero-order chi connectivity index (χ0) is 15.2. The van der Waals surface area contributed by atoms with Crippen LogP contribution >= 0.6 is 0 Å².